The Hall–Kier alpha value is -2.70. The molecule has 2 aliphatic heterocycles. The maximum absolute atomic E-state index is 12.9. The number of anilines is 1. The Kier molecular flexibility index (Phi) is 7.55. The predicted molar refractivity (Wildman–Crippen MR) is 127 cm³/mol. The number of hydrogen-bond acceptors (Lipinski definition) is 4. The van der Waals surface area contributed by atoms with Crippen LogP contribution >= 0.6 is 0 Å². The third-order valence-electron chi connectivity index (χ3n) is 6.82. The van der Waals surface area contributed by atoms with Gasteiger partial charge in [0.25, 0.3) is 0 Å². The Morgan fingerprint density at radius 1 is 0.906 bits per heavy atom. The van der Waals surface area contributed by atoms with Crippen LogP contribution < -0.4 is 11.1 Å². The van der Waals surface area contributed by atoms with Gasteiger partial charge in [0.1, 0.15) is 0 Å². The van der Waals surface area contributed by atoms with Gasteiger partial charge in [0.15, 0.2) is 0 Å². The van der Waals surface area contributed by atoms with Crippen molar-refractivity contribution in [3.05, 3.63) is 65.7 Å². The number of carbonyl (C=O) groups excluding carboxylic acids is 2. The first kappa shape index (κ1) is 22.5. The lowest BCUT2D eigenvalue weighted by molar-refractivity contribution is -0.123. The van der Waals surface area contributed by atoms with E-state index < -0.39 is 0 Å². The van der Waals surface area contributed by atoms with Crippen molar-refractivity contribution in [2.45, 2.75) is 44.7 Å². The van der Waals surface area contributed by atoms with E-state index in [1.807, 2.05) is 30.3 Å². The molecule has 0 spiro atoms. The molecule has 2 saturated heterocycles. The highest BCUT2D eigenvalue weighted by Gasteiger charge is 2.30. The SMILES string of the molecule is NC(=O)C1CCN(CCc2ccc(NC(=O)C3CCCN3Cc3ccccc3)cc2)CC1. The second kappa shape index (κ2) is 10.7. The fourth-order valence-electron chi connectivity index (χ4n) is 4.84. The minimum Gasteiger partial charge on any atom is -0.369 e. The number of hydrogen-bond donors (Lipinski definition) is 2. The Morgan fingerprint density at radius 2 is 1.62 bits per heavy atom. The highest BCUT2D eigenvalue weighted by molar-refractivity contribution is 5.95. The van der Waals surface area contributed by atoms with Gasteiger partial charge in [-0.3, -0.25) is 14.5 Å². The van der Waals surface area contributed by atoms with Gasteiger partial charge in [0, 0.05) is 24.7 Å². The predicted octanol–water partition coefficient (Wildman–Crippen LogP) is 3.03. The quantitative estimate of drug-likeness (QED) is 0.669. The number of likely N-dealkylation sites (tertiary alicyclic amines) is 2. The molecule has 0 aromatic heterocycles. The van der Waals surface area contributed by atoms with Crippen LogP contribution in [0, 0.1) is 5.92 Å². The number of benzene rings is 2. The summed E-state index contributed by atoms with van der Waals surface area (Å²) in [4.78, 5) is 28.9. The lowest BCUT2D eigenvalue weighted by Crippen LogP contribution is -2.39. The zero-order chi connectivity index (χ0) is 22.3. The van der Waals surface area contributed by atoms with Gasteiger partial charge >= 0.3 is 0 Å². The van der Waals surface area contributed by atoms with Crippen LogP contribution in [0.2, 0.25) is 0 Å². The molecule has 0 aliphatic carbocycles. The van der Waals surface area contributed by atoms with Gasteiger partial charge in [-0.05, 0) is 75.0 Å². The van der Waals surface area contributed by atoms with Crippen LogP contribution in [0.1, 0.15) is 36.8 Å². The molecular formula is C26H34N4O2. The normalized spacial score (nSPS) is 20.3. The lowest BCUT2D eigenvalue weighted by Gasteiger charge is -2.30. The number of nitrogens with one attached hydrogen (secondary N) is 1. The van der Waals surface area contributed by atoms with Gasteiger partial charge in [0.2, 0.25) is 11.8 Å². The summed E-state index contributed by atoms with van der Waals surface area (Å²) >= 11 is 0. The standard InChI is InChI=1S/C26H34N4O2/c27-25(31)22-13-17-29(18-14-22)16-12-20-8-10-23(11-9-20)28-26(32)24-7-4-15-30(24)19-21-5-2-1-3-6-21/h1-3,5-6,8-11,22,24H,4,7,12-19H2,(H2,27,31)(H,28,32). The number of amides is 2. The van der Waals surface area contributed by atoms with E-state index in [0.717, 1.165) is 70.5 Å². The molecule has 3 N–H and O–H groups in total. The van der Waals surface area contributed by atoms with Gasteiger partial charge in [-0.15, -0.1) is 0 Å². The maximum Gasteiger partial charge on any atom is 0.241 e. The van der Waals surface area contributed by atoms with E-state index in [1.54, 1.807) is 0 Å². The number of rotatable bonds is 8. The molecule has 2 fully saturated rings. The van der Waals surface area contributed by atoms with Gasteiger partial charge in [-0.2, -0.15) is 0 Å². The number of nitrogens with two attached hydrogens (primary N) is 1. The highest BCUT2D eigenvalue weighted by atomic mass is 16.2. The van der Waals surface area contributed by atoms with Crippen LogP contribution in [0.4, 0.5) is 5.69 Å². The Balaban J connectivity index is 1.24. The average molecular weight is 435 g/mol. The highest BCUT2D eigenvalue weighted by Crippen LogP contribution is 2.22. The van der Waals surface area contributed by atoms with Crippen molar-refractivity contribution in [1.29, 1.82) is 0 Å². The van der Waals surface area contributed by atoms with Crippen LogP contribution in [0.25, 0.3) is 0 Å². The van der Waals surface area contributed by atoms with Crippen molar-refractivity contribution in [1.82, 2.24) is 9.80 Å². The fourth-order valence-corrected chi connectivity index (χ4v) is 4.84. The first-order chi connectivity index (χ1) is 15.6. The number of nitrogens with zero attached hydrogens (tertiary/aromatic N) is 2. The van der Waals surface area contributed by atoms with Crippen molar-refractivity contribution in [3.8, 4) is 0 Å². The maximum atomic E-state index is 12.9. The van der Waals surface area contributed by atoms with Gasteiger partial charge in [-0.25, -0.2) is 0 Å². The minimum atomic E-state index is -0.164. The second-order valence-electron chi connectivity index (χ2n) is 9.07. The summed E-state index contributed by atoms with van der Waals surface area (Å²) in [5.74, 6) is -0.0378. The van der Waals surface area contributed by atoms with Crippen molar-refractivity contribution < 1.29 is 9.59 Å². The van der Waals surface area contributed by atoms with Gasteiger partial charge < -0.3 is 16.0 Å². The molecule has 0 radical (unpaired) electrons. The van der Waals surface area contributed by atoms with Crippen LogP contribution in [0.5, 0.6) is 0 Å². The topological polar surface area (TPSA) is 78.7 Å². The Morgan fingerprint density at radius 3 is 2.31 bits per heavy atom. The molecular weight excluding hydrogens is 400 g/mol. The molecule has 6 nitrogen and oxygen atoms in total. The van der Waals surface area contributed by atoms with Gasteiger partial charge in [0.05, 0.1) is 6.04 Å². The first-order valence-corrected chi connectivity index (χ1v) is 11.8. The number of piperidine rings is 1. The number of primary amides is 1. The summed E-state index contributed by atoms with van der Waals surface area (Å²) in [6.07, 6.45) is 4.65. The van der Waals surface area contributed by atoms with E-state index in [4.69, 9.17) is 5.73 Å². The van der Waals surface area contributed by atoms with E-state index in [2.05, 4.69) is 39.4 Å². The van der Waals surface area contributed by atoms with E-state index >= 15 is 0 Å². The van der Waals surface area contributed by atoms with Crippen LogP contribution in [0.15, 0.2) is 54.6 Å². The molecule has 2 aromatic rings. The van der Waals surface area contributed by atoms with Crippen LogP contribution in [-0.2, 0) is 22.6 Å². The molecule has 1 unspecified atom stereocenters. The third-order valence-corrected chi connectivity index (χ3v) is 6.82. The molecule has 4 rings (SSSR count). The summed E-state index contributed by atoms with van der Waals surface area (Å²) in [5, 5.41) is 3.11. The van der Waals surface area contributed by atoms with E-state index in [-0.39, 0.29) is 23.8 Å². The van der Waals surface area contributed by atoms with Crippen molar-refractivity contribution in [2.75, 3.05) is 31.5 Å². The molecule has 6 heteroatoms. The monoisotopic (exact) mass is 434 g/mol. The van der Waals surface area contributed by atoms with Crippen molar-refractivity contribution >= 4 is 17.5 Å². The molecule has 170 valence electrons. The third kappa shape index (κ3) is 5.96. The molecule has 1 atom stereocenters. The summed E-state index contributed by atoms with van der Waals surface area (Å²) in [5.41, 5.74) is 8.77. The zero-order valence-electron chi connectivity index (χ0n) is 18.7. The summed E-state index contributed by atoms with van der Waals surface area (Å²) in [6, 6.07) is 18.5. The molecule has 2 heterocycles. The molecule has 2 aliphatic rings. The lowest BCUT2D eigenvalue weighted by atomic mass is 9.96. The van der Waals surface area contributed by atoms with Crippen molar-refractivity contribution in [2.24, 2.45) is 11.7 Å². The zero-order valence-corrected chi connectivity index (χ0v) is 18.7. The average Bonchev–Trinajstić information content (AvgIpc) is 3.28. The molecule has 2 amide bonds. The van der Waals surface area contributed by atoms with Crippen molar-refractivity contribution in [3.63, 3.8) is 0 Å². The molecule has 2 aromatic carbocycles. The molecule has 32 heavy (non-hydrogen) atoms. The van der Waals surface area contributed by atoms with E-state index in [0.29, 0.717) is 0 Å². The second-order valence-corrected chi connectivity index (χ2v) is 9.07. The minimum absolute atomic E-state index is 0.0395. The van der Waals surface area contributed by atoms with E-state index in [9.17, 15) is 9.59 Å². The van der Waals surface area contributed by atoms with Crippen LogP contribution in [-0.4, -0.2) is 53.8 Å². The summed E-state index contributed by atoms with van der Waals surface area (Å²) in [6.45, 7) is 4.62. The summed E-state index contributed by atoms with van der Waals surface area (Å²) < 4.78 is 0. The Labute approximate surface area is 190 Å². The van der Waals surface area contributed by atoms with E-state index in [1.165, 1.54) is 11.1 Å². The smallest absolute Gasteiger partial charge is 0.241 e. The summed E-state index contributed by atoms with van der Waals surface area (Å²) in [7, 11) is 0. The van der Waals surface area contributed by atoms with Crippen LogP contribution in [0.3, 0.4) is 0 Å². The van der Waals surface area contributed by atoms with Gasteiger partial charge in [-0.1, -0.05) is 42.5 Å². The number of carbonyl (C=O) groups is 2. The largest absolute Gasteiger partial charge is 0.369 e. The Bertz CT molecular complexity index is 892. The first-order valence-electron chi connectivity index (χ1n) is 11.8. The molecule has 0 saturated carbocycles. The molecule has 0 bridgehead atoms. The fraction of sp³-hybridized carbons (Fsp3) is 0.462.